The van der Waals surface area contributed by atoms with Gasteiger partial charge in [-0.1, -0.05) is 0 Å². The number of carbonyl (C=O) groups excluding carboxylic acids is 1. The number of likely N-dealkylation sites (N-methyl/N-ethyl adjacent to an activating group) is 1. The number of pyridine rings is 1. The molecular weight excluding hydrogens is 553 g/mol. The van der Waals surface area contributed by atoms with Gasteiger partial charge in [-0.3, -0.25) is 19.8 Å². The quantitative estimate of drug-likeness (QED) is 0.259. The van der Waals surface area contributed by atoms with Crippen molar-refractivity contribution in [1.29, 1.82) is 0 Å². The fourth-order valence-electron chi connectivity index (χ4n) is 6.33. The Bertz CT molecular complexity index is 1480. The molecule has 0 saturated carbocycles. The smallest absolute Gasteiger partial charge is 0.241 e. The number of nitrogens with one attached hydrogen (secondary N) is 3. The van der Waals surface area contributed by atoms with Crippen molar-refractivity contribution in [2.24, 2.45) is 5.92 Å². The normalized spacial score (nSPS) is 21.0. The second-order valence-electron chi connectivity index (χ2n) is 11.2. The van der Waals surface area contributed by atoms with Gasteiger partial charge in [-0.15, -0.1) is 23.1 Å². The molecule has 11 heteroatoms. The predicted molar refractivity (Wildman–Crippen MR) is 170 cm³/mol. The minimum atomic E-state index is -0.469. The van der Waals surface area contributed by atoms with E-state index in [-0.39, 0.29) is 5.91 Å². The van der Waals surface area contributed by atoms with Gasteiger partial charge in [0.25, 0.3) is 0 Å². The molecule has 1 aromatic carbocycles. The number of benzene rings is 1. The number of anilines is 2. The molecule has 0 radical (unpaired) electrons. The van der Waals surface area contributed by atoms with Crippen molar-refractivity contribution in [1.82, 2.24) is 30.4 Å². The lowest BCUT2D eigenvalue weighted by Crippen LogP contribution is -2.49. The van der Waals surface area contributed by atoms with E-state index < -0.39 is 4.75 Å². The molecule has 1 amide bonds. The number of amides is 1. The van der Waals surface area contributed by atoms with Crippen molar-refractivity contribution in [3.8, 4) is 11.3 Å². The number of fused-ring (bicyclic) bond motifs is 1. The maximum atomic E-state index is 13.8. The summed E-state index contributed by atoms with van der Waals surface area (Å²) in [7, 11) is 2.08. The zero-order valence-corrected chi connectivity index (χ0v) is 25.5. The van der Waals surface area contributed by atoms with Crippen molar-refractivity contribution in [3.05, 3.63) is 53.8 Å². The summed E-state index contributed by atoms with van der Waals surface area (Å²) in [6.45, 7) is 6.72. The molecular formula is C30H38N8OS2. The number of H-pyrrole nitrogens is 1. The lowest BCUT2D eigenvalue weighted by Gasteiger charge is -2.37. The Hall–Kier alpha value is -2.99. The molecule has 216 valence electrons. The molecule has 2 aliphatic rings. The third-order valence-electron chi connectivity index (χ3n) is 8.73. The lowest BCUT2D eigenvalue weighted by atomic mass is 9.89. The average Bonchev–Trinajstić information content (AvgIpc) is 3.77. The first-order valence-electron chi connectivity index (χ1n) is 14.3. The van der Waals surface area contributed by atoms with Crippen LogP contribution in [0.4, 0.5) is 10.8 Å². The van der Waals surface area contributed by atoms with Gasteiger partial charge in [-0.2, -0.15) is 5.10 Å². The van der Waals surface area contributed by atoms with E-state index in [1.165, 1.54) is 0 Å². The van der Waals surface area contributed by atoms with E-state index in [0.29, 0.717) is 12.0 Å². The molecule has 3 N–H and O–H groups in total. The van der Waals surface area contributed by atoms with Gasteiger partial charge < -0.3 is 15.5 Å². The maximum absolute atomic E-state index is 13.8. The molecule has 41 heavy (non-hydrogen) atoms. The van der Waals surface area contributed by atoms with Crippen LogP contribution in [0.15, 0.2) is 48.1 Å². The summed E-state index contributed by atoms with van der Waals surface area (Å²) >= 11 is 3.40. The lowest BCUT2D eigenvalue weighted by molar-refractivity contribution is -0.118. The Kier molecular flexibility index (Phi) is 8.30. The molecule has 0 bridgehead atoms. The number of aromatic amines is 1. The first kappa shape index (κ1) is 28.1. The number of carbonyl (C=O) groups is 1. The zero-order chi connectivity index (χ0) is 28.4. The van der Waals surface area contributed by atoms with Crippen LogP contribution in [-0.2, 0) is 4.79 Å². The second-order valence-corrected chi connectivity index (χ2v) is 13.3. The van der Waals surface area contributed by atoms with Gasteiger partial charge in [0.05, 0.1) is 5.52 Å². The number of likely N-dealkylation sites (tertiary alicyclic amines) is 1. The molecule has 2 atom stereocenters. The third-order valence-corrected chi connectivity index (χ3v) is 10.9. The third kappa shape index (κ3) is 5.86. The Morgan fingerprint density at radius 3 is 2.78 bits per heavy atom. The van der Waals surface area contributed by atoms with Gasteiger partial charge >= 0.3 is 0 Å². The van der Waals surface area contributed by atoms with Crippen molar-refractivity contribution < 1.29 is 4.79 Å². The van der Waals surface area contributed by atoms with Gasteiger partial charge in [0.15, 0.2) is 5.13 Å². The minimum absolute atomic E-state index is 0.0782. The summed E-state index contributed by atoms with van der Waals surface area (Å²) in [5, 5.41) is 18.7. The number of rotatable bonds is 9. The van der Waals surface area contributed by atoms with Crippen LogP contribution in [0.1, 0.15) is 25.0 Å². The number of thioether (sulfide) groups is 1. The average molecular weight is 591 g/mol. The fraction of sp³-hybridized carbons (Fsp3) is 0.467. The van der Waals surface area contributed by atoms with Crippen LogP contribution in [0.3, 0.4) is 0 Å². The SMILES string of the molecule is CNC(CN1CC[C@@](SC)(C(=O)Nc2ccc3[nH]nc(-c4ccnc(C)c4)c3c2)C1)C1CCN(c2nccs2)CC1. The summed E-state index contributed by atoms with van der Waals surface area (Å²) in [6, 6.07) is 10.4. The molecule has 4 aromatic rings. The van der Waals surface area contributed by atoms with Crippen LogP contribution in [0.5, 0.6) is 0 Å². The molecule has 2 fully saturated rings. The Balaban J connectivity index is 1.10. The highest BCUT2D eigenvalue weighted by atomic mass is 32.2. The highest BCUT2D eigenvalue weighted by Crippen LogP contribution is 2.37. The van der Waals surface area contributed by atoms with Gasteiger partial charge in [0.1, 0.15) is 10.4 Å². The predicted octanol–water partition coefficient (Wildman–Crippen LogP) is 4.64. The van der Waals surface area contributed by atoms with Crippen LogP contribution in [-0.4, -0.2) is 87.8 Å². The van der Waals surface area contributed by atoms with Crippen LogP contribution in [0.2, 0.25) is 0 Å². The van der Waals surface area contributed by atoms with Crippen LogP contribution in [0, 0.1) is 12.8 Å². The van der Waals surface area contributed by atoms with Crippen molar-refractivity contribution >= 4 is 50.7 Å². The topological polar surface area (TPSA) is 102 Å². The van der Waals surface area contributed by atoms with Crippen molar-refractivity contribution in [2.45, 2.75) is 37.0 Å². The highest BCUT2D eigenvalue weighted by molar-refractivity contribution is 8.00. The van der Waals surface area contributed by atoms with E-state index in [4.69, 9.17) is 0 Å². The van der Waals surface area contributed by atoms with Crippen LogP contribution >= 0.6 is 23.1 Å². The van der Waals surface area contributed by atoms with E-state index >= 15 is 0 Å². The van der Waals surface area contributed by atoms with Crippen LogP contribution < -0.4 is 15.5 Å². The van der Waals surface area contributed by atoms with E-state index in [0.717, 1.165) is 90.7 Å². The minimum Gasteiger partial charge on any atom is -0.348 e. The second kappa shape index (κ2) is 12.1. The van der Waals surface area contributed by atoms with Gasteiger partial charge in [-0.25, -0.2) is 4.98 Å². The summed E-state index contributed by atoms with van der Waals surface area (Å²) in [4.78, 5) is 27.5. The number of aryl methyl sites for hydroxylation is 1. The standard InChI is InChI=1S/C30H38N8OS2/c1-20-16-22(6-10-32-20)27-24-17-23(4-5-25(24)35-36-27)34-28(39)30(40-3)9-14-37(19-30)18-26(31-2)21-7-12-38(13-8-21)29-33-11-15-41-29/h4-6,10-11,15-17,21,26,31H,7-9,12-14,18-19H2,1-3H3,(H,34,39)(H,35,36)/t26?,30-/m0/s1. The monoisotopic (exact) mass is 590 g/mol. The van der Waals surface area contributed by atoms with Crippen LogP contribution in [0.25, 0.3) is 22.2 Å². The van der Waals surface area contributed by atoms with Gasteiger partial charge in [0, 0.05) is 78.9 Å². The van der Waals surface area contributed by atoms with E-state index in [1.807, 2.05) is 43.5 Å². The number of aromatic nitrogens is 4. The molecule has 5 heterocycles. The molecule has 0 aliphatic carbocycles. The molecule has 2 saturated heterocycles. The molecule has 1 unspecified atom stereocenters. The largest absolute Gasteiger partial charge is 0.348 e. The number of piperidine rings is 1. The number of nitrogens with zero attached hydrogens (tertiary/aromatic N) is 5. The Morgan fingerprint density at radius 2 is 2.05 bits per heavy atom. The van der Waals surface area contributed by atoms with Gasteiger partial charge in [-0.05, 0) is 75.7 Å². The summed E-state index contributed by atoms with van der Waals surface area (Å²) in [5.74, 6) is 0.698. The summed E-state index contributed by atoms with van der Waals surface area (Å²) in [5.41, 5.74) is 4.55. The summed E-state index contributed by atoms with van der Waals surface area (Å²) < 4.78 is -0.469. The fourth-order valence-corrected chi connectivity index (χ4v) is 7.87. The van der Waals surface area contributed by atoms with E-state index in [1.54, 1.807) is 29.3 Å². The maximum Gasteiger partial charge on any atom is 0.241 e. The molecule has 2 aliphatic heterocycles. The molecule has 9 nitrogen and oxygen atoms in total. The van der Waals surface area contributed by atoms with Gasteiger partial charge in [0.2, 0.25) is 5.91 Å². The van der Waals surface area contributed by atoms with Crippen molar-refractivity contribution in [2.75, 3.05) is 56.2 Å². The van der Waals surface area contributed by atoms with E-state index in [2.05, 4.69) is 59.3 Å². The molecule has 6 rings (SSSR count). The first-order valence-corrected chi connectivity index (χ1v) is 16.4. The number of hydrogen-bond acceptors (Lipinski definition) is 9. The summed E-state index contributed by atoms with van der Waals surface area (Å²) in [6.07, 6.45) is 8.91. The molecule has 3 aromatic heterocycles. The number of hydrogen-bond donors (Lipinski definition) is 3. The highest BCUT2D eigenvalue weighted by Gasteiger charge is 2.45. The Labute approximate surface area is 249 Å². The first-order chi connectivity index (χ1) is 20.0. The zero-order valence-electron chi connectivity index (χ0n) is 23.9. The van der Waals surface area contributed by atoms with Crippen molar-refractivity contribution in [3.63, 3.8) is 0 Å². The molecule has 0 spiro atoms. The van der Waals surface area contributed by atoms with E-state index in [9.17, 15) is 4.79 Å². The Morgan fingerprint density at radius 1 is 1.20 bits per heavy atom. The number of thiazole rings is 1.